The molecule has 120 valence electrons. The summed E-state index contributed by atoms with van der Waals surface area (Å²) in [4.78, 5) is 2.14. The molecule has 0 N–H and O–H groups in total. The van der Waals surface area contributed by atoms with Gasteiger partial charge in [-0.3, -0.25) is 4.90 Å². The van der Waals surface area contributed by atoms with Crippen LogP contribution in [0.4, 0.5) is 4.39 Å². The number of nitriles is 1. The molecule has 0 spiro atoms. The topological polar surface area (TPSA) is 64.4 Å². The van der Waals surface area contributed by atoms with Crippen LogP contribution in [0.5, 0.6) is 0 Å². The Hall–Kier alpha value is -1.49. The van der Waals surface area contributed by atoms with Gasteiger partial charge in [-0.15, -0.1) is 0 Å². The highest BCUT2D eigenvalue weighted by Gasteiger charge is 2.27. The van der Waals surface area contributed by atoms with Crippen LogP contribution in [-0.2, 0) is 16.6 Å². The Balaban J connectivity index is 2.06. The third-order valence-corrected chi connectivity index (χ3v) is 5.42. The van der Waals surface area contributed by atoms with Crippen LogP contribution in [0.1, 0.15) is 24.0 Å². The lowest BCUT2D eigenvalue weighted by Gasteiger charge is -2.36. The predicted molar refractivity (Wildman–Crippen MR) is 82.0 cm³/mol. The molecule has 22 heavy (non-hydrogen) atoms. The van der Waals surface area contributed by atoms with Crippen molar-refractivity contribution in [3.8, 4) is 6.07 Å². The van der Waals surface area contributed by atoms with E-state index in [9.17, 15) is 12.8 Å². The highest BCUT2D eigenvalue weighted by Crippen LogP contribution is 2.19. The van der Waals surface area contributed by atoms with E-state index < -0.39 is 15.8 Å². The lowest BCUT2D eigenvalue weighted by Crippen LogP contribution is -2.47. The summed E-state index contributed by atoms with van der Waals surface area (Å²) in [6.45, 7) is 2.10. The van der Waals surface area contributed by atoms with Crippen molar-refractivity contribution in [3.05, 3.63) is 35.1 Å². The van der Waals surface area contributed by atoms with E-state index in [1.165, 1.54) is 16.6 Å². The molecule has 0 aliphatic carbocycles. The van der Waals surface area contributed by atoms with Crippen LogP contribution in [0.3, 0.4) is 0 Å². The molecule has 5 nitrogen and oxygen atoms in total. The predicted octanol–water partition coefficient (Wildman–Crippen LogP) is 1.55. The fraction of sp³-hybridized carbons (Fsp3) is 0.533. The molecule has 0 radical (unpaired) electrons. The van der Waals surface area contributed by atoms with Crippen molar-refractivity contribution < 1.29 is 12.8 Å². The molecule has 1 atom stereocenters. The monoisotopic (exact) mass is 325 g/mol. The zero-order valence-corrected chi connectivity index (χ0v) is 13.6. The summed E-state index contributed by atoms with van der Waals surface area (Å²) >= 11 is 0. The Kier molecular flexibility index (Phi) is 5.16. The number of likely N-dealkylation sites (tertiary alicyclic amines) is 1. The molecule has 1 fully saturated rings. The fourth-order valence-electron chi connectivity index (χ4n) is 2.76. The van der Waals surface area contributed by atoms with Crippen molar-refractivity contribution in [1.29, 1.82) is 5.26 Å². The largest absolute Gasteiger partial charge is 0.297 e. The van der Waals surface area contributed by atoms with E-state index in [1.807, 2.05) is 6.07 Å². The Morgan fingerprint density at radius 3 is 2.86 bits per heavy atom. The number of hydrogen-bond donors (Lipinski definition) is 0. The van der Waals surface area contributed by atoms with E-state index in [0.29, 0.717) is 13.1 Å². The molecule has 1 aliphatic rings. The second kappa shape index (κ2) is 6.73. The maximum Gasteiger partial charge on any atom is 0.211 e. The highest BCUT2D eigenvalue weighted by molar-refractivity contribution is 7.88. The summed E-state index contributed by atoms with van der Waals surface area (Å²) in [6, 6.07) is 6.32. The van der Waals surface area contributed by atoms with Crippen molar-refractivity contribution in [3.63, 3.8) is 0 Å². The SMILES string of the molecule is CN([C@@H]1CCCN(Cc2ccc(F)c(C#N)c2)C1)S(C)(=O)=O. The fourth-order valence-corrected chi connectivity index (χ4v) is 3.47. The molecule has 1 aromatic rings. The first kappa shape index (κ1) is 16.9. The summed E-state index contributed by atoms with van der Waals surface area (Å²) in [6.07, 6.45) is 2.97. The average Bonchev–Trinajstić information content (AvgIpc) is 2.48. The number of hydrogen-bond acceptors (Lipinski definition) is 4. The van der Waals surface area contributed by atoms with Crippen molar-refractivity contribution in [2.24, 2.45) is 0 Å². The summed E-state index contributed by atoms with van der Waals surface area (Å²) in [5.41, 5.74) is 0.903. The van der Waals surface area contributed by atoms with E-state index in [2.05, 4.69) is 4.90 Å². The standard InChI is InChI=1S/C15H20FN3O2S/c1-18(22(2,20)21)14-4-3-7-19(11-14)10-12-5-6-15(16)13(8-12)9-17/h5-6,8,14H,3-4,7,10-11H2,1-2H3/t14-/m1/s1. The minimum Gasteiger partial charge on any atom is -0.297 e. The third-order valence-electron chi connectivity index (χ3n) is 4.08. The van der Waals surface area contributed by atoms with Gasteiger partial charge in [0.15, 0.2) is 0 Å². The molecular formula is C15H20FN3O2S. The van der Waals surface area contributed by atoms with Crippen LogP contribution >= 0.6 is 0 Å². The lowest BCUT2D eigenvalue weighted by molar-refractivity contribution is 0.153. The molecule has 0 aromatic heterocycles. The molecule has 7 heteroatoms. The quantitative estimate of drug-likeness (QED) is 0.842. The zero-order valence-electron chi connectivity index (χ0n) is 12.8. The smallest absolute Gasteiger partial charge is 0.211 e. The van der Waals surface area contributed by atoms with E-state index in [1.54, 1.807) is 19.2 Å². The van der Waals surface area contributed by atoms with Crippen LogP contribution in [-0.4, -0.2) is 50.1 Å². The Morgan fingerprint density at radius 2 is 2.23 bits per heavy atom. The van der Waals surface area contributed by atoms with Gasteiger partial charge in [-0.25, -0.2) is 17.1 Å². The molecule has 1 aromatic carbocycles. The van der Waals surface area contributed by atoms with Crippen LogP contribution in [0.25, 0.3) is 0 Å². The second-order valence-electron chi connectivity index (χ2n) is 5.74. The van der Waals surface area contributed by atoms with Gasteiger partial charge in [-0.1, -0.05) is 6.07 Å². The molecule has 0 saturated carbocycles. The Labute approximate surface area is 131 Å². The van der Waals surface area contributed by atoms with Gasteiger partial charge in [-0.05, 0) is 37.1 Å². The summed E-state index contributed by atoms with van der Waals surface area (Å²) in [5, 5.41) is 8.88. The number of nitrogens with zero attached hydrogens (tertiary/aromatic N) is 3. The zero-order chi connectivity index (χ0) is 16.3. The molecule has 1 heterocycles. The van der Waals surface area contributed by atoms with Gasteiger partial charge < -0.3 is 0 Å². The van der Waals surface area contributed by atoms with Crippen LogP contribution in [0, 0.1) is 17.1 Å². The summed E-state index contributed by atoms with van der Waals surface area (Å²) in [5.74, 6) is -0.514. The van der Waals surface area contributed by atoms with Crippen LogP contribution in [0.2, 0.25) is 0 Å². The van der Waals surface area contributed by atoms with Gasteiger partial charge in [0, 0.05) is 26.2 Å². The first-order valence-electron chi connectivity index (χ1n) is 7.15. The van der Waals surface area contributed by atoms with Gasteiger partial charge in [0.05, 0.1) is 11.8 Å². The maximum atomic E-state index is 13.3. The van der Waals surface area contributed by atoms with Crippen molar-refractivity contribution in [1.82, 2.24) is 9.21 Å². The van der Waals surface area contributed by atoms with Gasteiger partial charge in [-0.2, -0.15) is 5.26 Å². The molecule has 2 rings (SSSR count). The molecule has 0 unspecified atom stereocenters. The number of piperidine rings is 1. The average molecular weight is 325 g/mol. The van der Waals surface area contributed by atoms with E-state index >= 15 is 0 Å². The van der Waals surface area contributed by atoms with Crippen molar-refractivity contribution in [2.45, 2.75) is 25.4 Å². The van der Waals surface area contributed by atoms with Crippen molar-refractivity contribution >= 4 is 10.0 Å². The maximum absolute atomic E-state index is 13.3. The van der Waals surface area contributed by atoms with E-state index in [-0.39, 0.29) is 11.6 Å². The number of benzene rings is 1. The van der Waals surface area contributed by atoms with Gasteiger partial charge in [0.1, 0.15) is 11.9 Å². The lowest BCUT2D eigenvalue weighted by atomic mass is 10.0. The number of sulfonamides is 1. The number of likely N-dealkylation sites (N-methyl/N-ethyl adjacent to an activating group) is 1. The molecule has 0 bridgehead atoms. The minimum atomic E-state index is -3.20. The molecular weight excluding hydrogens is 305 g/mol. The first-order chi connectivity index (χ1) is 10.3. The summed E-state index contributed by atoms with van der Waals surface area (Å²) in [7, 11) is -1.59. The Morgan fingerprint density at radius 1 is 1.50 bits per heavy atom. The first-order valence-corrected chi connectivity index (χ1v) is 9.00. The van der Waals surface area contributed by atoms with E-state index in [4.69, 9.17) is 5.26 Å². The molecule has 1 aliphatic heterocycles. The molecule has 0 amide bonds. The van der Waals surface area contributed by atoms with Crippen LogP contribution < -0.4 is 0 Å². The van der Waals surface area contributed by atoms with E-state index in [0.717, 1.165) is 24.9 Å². The molecule has 1 saturated heterocycles. The number of rotatable bonds is 4. The normalized spacial score (nSPS) is 20.0. The number of halogens is 1. The Bertz CT molecular complexity index is 685. The van der Waals surface area contributed by atoms with Crippen LogP contribution in [0.15, 0.2) is 18.2 Å². The van der Waals surface area contributed by atoms with Gasteiger partial charge >= 0.3 is 0 Å². The van der Waals surface area contributed by atoms with Gasteiger partial charge in [0.25, 0.3) is 0 Å². The second-order valence-corrected chi connectivity index (χ2v) is 7.78. The minimum absolute atomic E-state index is 0.0410. The summed E-state index contributed by atoms with van der Waals surface area (Å²) < 4.78 is 38.1. The highest BCUT2D eigenvalue weighted by atomic mass is 32.2. The van der Waals surface area contributed by atoms with Crippen molar-refractivity contribution in [2.75, 3.05) is 26.4 Å². The van der Waals surface area contributed by atoms with Gasteiger partial charge in [0.2, 0.25) is 10.0 Å². The third kappa shape index (κ3) is 4.03.